The van der Waals surface area contributed by atoms with Gasteiger partial charge in [-0.2, -0.15) is 0 Å². The molecular weight excluding hydrogens is 262 g/mol. The first-order valence-corrected chi connectivity index (χ1v) is 7.31. The second-order valence-corrected chi connectivity index (χ2v) is 5.11. The maximum Gasteiger partial charge on any atom is 0.122 e. The molecule has 0 aromatic heterocycles. The lowest BCUT2D eigenvalue weighted by Crippen LogP contribution is -2.48. The van der Waals surface area contributed by atoms with Crippen LogP contribution in [0.25, 0.3) is 0 Å². The topological polar surface area (TPSA) is 41.5 Å². The lowest BCUT2D eigenvalue weighted by atomic mass is 9.91. The molecule has 0 heterocycles. The highest BCUT2D eigenvalue weighted by atomic mass is 16.5. The molecular formula is C18H23NO2. The Labute approximate surface area is 126 Å². The fraction of sp³-hybridized carbons (Fsp3) is 0.333. The first-order valence-electron chi connectivity index (χ1n) is 7.31. The molecule has 0 amide bonds. The number of aliphatic hydroxyl groups is 1. The Balaban J connectivity index is 2.21. The smallest absolute Gasteiger partial charge is 0.122 e. The number of nitrogens with one attached hydrogen (secondary N) is 1. The van der Waals surface area contributed by atoms with Crippen molar-refractivity contribution < 1.29 is 9.84 Å². The van der Waals surface area contributed by atoms with E-state index in [4.69, 9.17) is 4.74 Å². The number of ether oxygens (including phenoxy) is 1. The maximum atomic E-state index is 9.89. The number of likely N-dealkylation sites (N-methyl/N-ethyl adjacent to an activating group) is 1. The van der Waals surface area contributed by atoms with Gasteiger partial charge in [0.2, 0.25) is 0 Å². The maximum absolute atomic E-state index is 9.89. The summed E-state index contributed by atoms with van der Waals surface area (Å²) in [6.45, 7) is 2.46. The molecule has 2 N–H and O–H groups in total. The van der Waals surface area contributed by atoms with Crippen molar-refractivity contribution in [2.24, 2.45) is 0 Å². The monoisotopic (exact) mass is 285 g/mol. The van der Waals surface area contributed by atoms with Crippen LogP contribution in [0.4, 0.5) is 0 Å². The molecule has 3 heteroatoms. The lowest BCUT2D eigenvalue weighted by Gasteiger charge is -2.32. The first kappa shape index (κ1) is 15.5. The standard InChI is InChI=1S/C18H23NO2/c1-3-15-9-7-8-12-17(15)21-14-18(13-20,19-2)16-10-5-4-6-11-16/h4-12,19-20H,3,13-14H2,1-2H3. The van der Waals surface area contributed by atoms with E-state index in [1.807, 2.05) is 55.6 Å². The van der Waals surface area contributed by atoms with Crippen LogP contribution in [0.1, 0.15) is 18.1 Å². The molecule has 0 aliphatic heterocycles. The molecule has 0 fully saturated rings. The number of rotatable bonds is 7. The molecule has 0 aliphatic carbocycles. The fourth-order valence-corrected chi connectivity index (χ4v) is 2.41. The van der Waals surface area contributed by atoms with Crippen LogP contribution in [-0.2, 0) is 12.0 Å². The molecule has 0 spiro atoms. The number of para-hydroxylation sites is 1. The van der Waals surface area contributed by atoms with Gasteiger partial charge in [0.15, 0.2) is 0 Å². The number of benzene rings is 2. The summed E-state index contributed by atoms with van der Waals surface area (Å²) in [4.78, 5) is 0. The van der Waals surface area contributed by atoms with Crippen LogP contribution in [-0.4, -0.2) is 25.4 Å². The summed E-state index contributed by atoms with van der Waals surface area (Å²) in [5.74, 6) is 0.879. The Kier molecular flexibility index (Phi) is 5.37. The summed E-state index contributed by atoms with van der Waals surface area (Å²) >= 11 is 0. The molecule has 21 heavy (non-hydrogen) atoms. The highest BCUT2D eigenvalue weighted by Crippen LogP contribution is 2.24. The molecule has 0 saturated carbocycles. The highest BCUT2D eigenvalue weighted by Gasteiger charge is 2.30. The van der Waals surface area contributed by atoms with Crippen molar-refractivity contribution in [3.05, 3.63) is 65.7 Å². The van der Waals surface area contributed by atoms with Crippen LogP contribution in [0, 0.1) is 0 Å². The Morgan fingerprint density at radius 3 is 2.33 bits per heavy atom. The third-order valence-corrected chi connectivity index (χ3v) is 3.90. The summed E-state index contributed by atoms with van der Waals surface area (Å²) in [5, 5.41) is 13.1. The Bertz CT molecular complexity index is 550. The number of aliphatic hydroxyl groups excluding tert-OH is 1. The van der Waals surface area contributed by atoms with E-state index in [-0.39, 0.29) is 6.61 Å². The fourth-order valence-electron chi connectivity index (χ4n) is 2.41. The molecule has 0 bridgehead atoms. The first-order chi connectivity index (χ1) is 10.3. The van der Waals surface area contributed by atoms with Crippen molar-refractivity contribution >= 4 is 0 Å². The van der Waals surface area contributed by atoms with Crippen LogP contribution >= 0.6 is 0 Å². The average molecular weight is 285 g/mol. The van der Waals surface area contributed by atoms with E-state index in [1.54, 1.807) is 0 Å². The number of hydrogen-bond donors (Lipinski definition) is 2. The Hall–Kier alpha value is -1.84. The van der Waals surface area contributed by atoms with E-state index in [0.29, 0.717) is 6.61 Å². The second-order valence-electron chi connectivity index (χ2n) is 5.11. The summed E-state index contributed by atoms with van der Waals surface area (Å²) in [6, 6.07) is 17.9. The quantitative estimate of drug-likeness (QED) is 0.822. The van der Waals surface area contributed by atoms with Gasteiger partial charge < -0.3 is 15.2 Å². The van der Waals surface area contributed by atoms with Crippen molar-refractivity contribution in [3.8, 4) is 5.75 Å². The van der Waals surface area contributed by atoms with E-state index < -0.39 is 5.54 Å². The molecule has 3 nitrogen and oxygen atoms in total. The van der Waals surface area contributed by atoms with Crippen LogP contribution in [0.3, 0.4) is 0 Å². The molecule has 112 valence electrons. The normalized spacial score (nSPS) is 13.7. The summed E-state index contributed by atoms with van der Waals surface area (Å²) in [7, 11) is 1.85. The molecule has 2 aromatic carbocycles. The second kappa shape index (κ2) is 7.25. The third kappa shape index (κ3) is 3.43. The van der Waals surface area contributed by atoms with Gasteiger partial charge in [-0.1, -0.05) is 55.5 Å². The molecule has 0 radical (unpaired) electrons. The zero-order valence-electron chi connectivity index (χ0n) is 12.7. The molecule has 2 rings (SSSR count). The van der Waals surface area contributed by atoms with Crippen molar-refractivity contribution in [2.45, 2.75) is 18.9 Å². The summed E-state index contributed by atoms with van der Waals surface area (Å²) < 4.78 is 6.01. The Morgan fingerprint density at radius 1 is 1.05 bits per heavy atom. The minimum Gasteiger partial charge on any atom is -0.491 e. The number of aryl methyl sites for hydroxylation is 1. The van der Waals surface area contributed by atoms with E-state index in [2.05, 4.69) is 18.3 Å². The van der Waals surface area contributed by atoms with Crippen molar-refractivity contribution in [1.29, 1.82) is 0 Å². The van der Waals surface area contributed by atoms with E-state index >= 15 is 0 Å². The van der Waals surface area contributed by atoms with Crippen molar-refractivity contribution in [1.82, 2.24) is 5.32 Å². The van der Waals surface area contributed by atoms with E-state index in [1.165, 1.54) is 5.56 Å². The van der Waals surface area contributed by atoms with E-state index in [0.717, 1.165) is 17.7 Å². The van der Waals surface area contributed by atoms with Crippen LogP contribution in [0.5, 0.6) is 5.75 Å². The van der Waals surface area contributed by atoms with Gasteiger partial charge >= 0.3 is 0 Å². The van der Waals surface area contributed by atoms with Gasteiger partial charge in [-0.25, -0.2) is 0 Å². The molecule has 2 aromatic rings. The van der Waals surface area contributed by atoms with Crippen molar-refractivity contribution in [2.75, 3.05) is 20.3 Å². The predicted molar refractivity (Wildman–Crippen MR) is 85.6 cm³/mol. The zero-order valence-corrected chi connectivity index (χ0v) is 12.7. The lowest BCUT2D eigenvalue weighted by molar-refractivity contribution is 0.107. The minimum absolute atomic E-state index is 0.0260. The summed E-state index contributed by atoms with van der Waals surface area (Å²) in [5.41, 5.74) is 1.60. The zero-order chi connectivity index (χ0) is 15.1. The van der Waals surface area contributed by atoms with Crippen LogP contribution < -0.4 is 10.1 Å². The average Bonchev–Trinajstić information content (AvgIpc) is 2.57. The SMILES string of the molecule is CCc1ccccc1OCC(CO)(NC)c1ccccc1. The van der Waals surface area contributed by atoms with Crippen LogP contribution in [0.2, 0.25) is 0 Å². The molecule has 1 atom stereocenters. The van der Waals surface area contributed by atoms with Gasteiger partial charge in [-0.3, -0.25) is 0 Å². The largest absolute Gasteiger partial charge is 0.491 e. The molecule has 1 unspecified atom stereocenters. The van der Waals surface area contributed by atoms with Gasteiger partial charge in [0.05, 0.1) is 6.61 Å². The van der Waals surface area contributed by atoms with Gasteiger partial charge in [0.25, 0.3) is 0 Å². The number of hydrogen-bond acceptors (Lipinski definition) is 3. The molecule has 0 saturated heterocycles. The van der Waals surface area contributed by atoms with Gasteiger partial charge in [-0.15, -0.1) is 0 Å². The Morgan fingerprint density at radius 2 is 1.71 bits per heavy atom. The van der Waals surface area contributed by atoms with Gasteiger partial charge in [0.1, 0.15) is 17.9 Å². The highest BCUT2D eigenvalue weighted by molar-refractivity contribution is 5.34. The van der Waals surface area contributed by atoms with Crippen molar-refractivity contribution in [3.63, 3.8) is 0 Å². The minimum atomic E-state index is -0.595. The van der Waals surface area contributed by atoms with Gasteiger partial charge in [0, 0.05) is 0 Å². The van der Waals surface area contributed by atoms with Gasteiger partial charge in [-0.05, 0) is 30.7 Å². The summed E-state index contributed by atoms with van der Waals surface area (Å²) in [6.07, 6.45) is 0.924. The molecule has 0 aliphatic rings. The predicted octanol–water partition coefficient (Wildman–Crippen LogP) is 2.74. The third-order valence-electron chi connectivity index (χ3n) is 3.90. The van der Waals surface area contributed by atoms with E-state index in [9.17, 15) is 5.11 Å². The van der Waals surface area contributed by atoms with Crippen LogP contribution in [0.15, 0.2) is 54.6 Å².